The fraction of sp³-hybridized carbons (Fsp3) is 0.500. The van der Waals surface area contributed by atoms with Crippen LogP contribution in [0, 0.1) is 5.92 Å². The van der Waals surface area contributed by atoms with E-state index in [-0.39, 0.29) is 18.2 Å². The molecule has 1 aromatic rings. The molecule has 0 aromatic heterocycles. The van der Waals surface area contributed by atoms with E-state index in [9.17, 15) is 14.4 Å². The van der Waals surface area contributed by atoms with Gasteiger partial charge in [-0.05, 0) is 30.5 Å². The second kappa shape index (κ2) is 8.85. The number of rotatable bonds is 6. The molecule has 0 saturated carbocycles. The van der Waals surface area contributed by atoms with Gasteiger partial charge in [0, 0.05) is 23.7 Å². The Hall–Kier alpha value is -2.08. The zero-order chi connectivity index (χ0) is 18.4. The zero-order valence-corrected chi connectivity index (χ0v) is 15.2. The van der Waals surface area contributed by atoms with Crippen LogP contribution in [0.1, 0.15) is 37.0 Å². The largest absolute Gasteiger partial charge is 0.466 e. The minimum atomic E-state index is -0.869. The number of carbonyl (C=O) groups excluding carboxylic acids is 3. The van der Waals surface area contributed by atoms with Crippen molar-refractivity contribution in [3.05, 3.63) is 34.9 Å². The minimum absolute atomic E-state index is 0.157. The van der Waals surface area contributed by atoms with Crippen LogP contribution in [0.4, 0.5) is 0 Å². The van der Waals surface area contributed by atoms with Crippen molar-refractivity contribution in [3.63, 3.8) is 0 Å². The minimum Gasteiger partial charge on any atom is -0.466 e. The first-order valence-corrected chi connectivity index (χ1v) is 8.76. The standard InChI is InChI=1S/C18H23ClN2O4/c1-12(2)6-9-25-16(22)11-15-17(23)20-7-8-21(15)18(24)13-4-3-5-14(19)10-13/h3-5,10,12,15H,6-9,11H2,1-2H3,(H,20,23). The summed E-state index contributed by atoms with van der Waals surface area (Å²) in [5.41, 5.74) is 0.389. The molecule has 1 fully saturated rings. The highest BCUT2D eigenvalue weighted by molar-refractivity contribution is 6.31. The van der Waals surface area contributed by atoms with Crippen LogP contribution in [0.3, 0.4) is 0 Å². The lowest BCUT2D eigenvalue weighted by Gasteiger charge is -2.34. The van der Waals surface area contributed by atoms with Crippen molar-refractivity contribution in [2.24, 2.45) is 5.92 Å². The number of nitrogens with zero attached hydrogens (tertiary/aromatic N) is 1. The van der Waals surface area contributed by atoms with Crippen LogP contribution < -0.4 is 5.32 Å². The smallest absolute Gasteiger partial charge is 0.308 e. The van der Waals surface area contributed by atoms with Crippen molar-refractivity contribution in [3.8, 4) is 0 Å². The van der Waals surface area contributed by atoms with Gasteiger partial charge in [-0.1, -0.05) is 31.5 Å². The van der Waals surface area contributed by atoms with E-state index in [1.54, 1.807) is 24.3 Å². The van der Waals surface area contributed by atoms with Gasteiger partial charge in [-0.2, -0.15) is 0 Å². The second-order valence-corrected chi connectivity index (χ2v) is 6.86. The van der Waals surface area contributed by atoms with Crippen molar-refractivity contribution in [2.45, 2.75) is 32.7 Å². The van der Waals surface area contributed by atoms with E-state index in [0.29, 0.717) is 36.2 Å². The van der Waals surface area contributed by atoms with Crippen molar-refractivity contribution < 1.29 is 19.1 Å². The summed E-state index contributed by atoms with van der Waals surface area (Å²) < 4.78 is 5.18. The summed E-state index contributed by atoms with van der Waals surface area (Å²) in [4.78, 5) is 38.4. The molecule has 1 aliphatic heterocycles. The molecular weight excluding hydrogens is 344 g/mol. The highest BCUT2D eigenvalue weighted by Crippen LogP contribution is 2.17. The van der Waals surface area contributed by atoms with E-state index in [0.717, 1.165) is 6.42 Å². The number of piperazine rings is 1. The van der Waals surface area contributed by atoms with Gasteiger partial charge < -0.3 is 15.0 Å². The monoisotopic (exact) mass is 366 g/mol. The maximum Gasteiger partial charge on any atom is 0.308 e. The zero-order valence-electron chi connectivity index (χ0n) is 14.5. The lowest BCUT2D eigenvalue weighted by atomic mass is 10.1. The Morgan fingerprint density at radius 3 is 2.84 bits per heavy atom. The van der Waals surface area contributed by atoms with Crippen molar-refractivity contribution in [1.82, 2.24) is 10.2 Å². The van der Waals surface area contributed by atoms with E-state index in [1.165, 1.54) is 4.90 Å². The Bertz CT molecular complexity index is 648. The van der Waals surface area contributed by atoms with Crippen LogP contribution >= 0.6 is 11.6 Å². The lowest BCUT2D eigenvalue weighted by Crippen LogP contribution is -2.57. The summed E-state index contributed by atoms with van der Waals surface area (Å²) in [6, 6.07) is 5.67. The van der Waals surface area contributed by atoms with Gasteiger partial charge in [0.15, 0.2) is 0 Å². The number of nitrogens with one attached hydrogen (secondary N) is 1. The first-order valence-electron chi connectivity index (χ1n) is 8.38. The summed E-state index contributed by atoms with van der Waals surface area (Å²) in [6.07, 6.45) is 0.601. The molecule has 0 aliphatic carbocycles. The fourth-order valence-electron chi connectivity index (χ4n) is 2.57. The van der Waals surface area contributed by atoms with Gasteiger partial charge in [-0.25, -0.2) is 0 Å². The topological polar surface area (TPSA) is 75.7 Å². The molecule has 1 heterocycles. The van der Waals surface area contributed by atoms with Crippen LogP contribution in [0.2, 0.25) is 5.02 Å². The molecule has 1 N–H and O–H groups in total. The van der Waals surface area contributed by atoms with E-state index in [1.807, 2.05) is 13.8 Å². The molecule has 1 atom stereocenters. The van der Waals surface area contributed by atoms with Crippen LogP contribution in [0.15, 0.2) is 24.3 Å². The predicted molar refractivity (Wildman–Crippen MR) is 94.3 cm³/mol. The average molecular weight is 367 g/mol. The first kappa shape index (κ1) is 19.2. The predicted octanol–water partition coefficient (Wildman–Crippen LogP) is 2.26. The number of hydrogen-bond donors (Lipinski definition) is 1. The second-order valence-electron chi connectivity index (χ2n) is 6.42. The molecule has 1 aromatic carbocycles. The van der Waals surface area contributed by atoms with Crippen molar-refractivity contribution in [2.75, 3.05) is 19.7 Å². The van der Waals surface area contributed by atoms with Crippen LogP contribution in [-0.2, 0) is 14.3 Å². The molecule has 0 spiro atoms. The first-order chi connectivity index (χ1) is 11.9. The van der Waals surface area contributed by atoms with E-state index >= 15 is 0 Å². The molecule has 2 amide bonds. The van der Waals surface area contributed by atoms with Crippen LogP contribution in [0.25, 0.3) is 0 Å². The number of hydrogen-bond acceptors (Lipinski definition) is 4. The fourth-order valence-corrected chi connectivity index (χ4v) is 2.76. The van der Waals surface area contributed by atoms with Gasteiger partial charge in [-0.3, -0.25) is 14.4 Å². The Labute approximate surface area is 152 Å². The molecule has 25 heavy (non-hydrogen) atoms. The summed E-state index contributed by atoms with van der Waals surface area (Å²) >= 11 is 5.94. The number of amides is 2. The molecule has 0 bridgehead atoms. The normalized spacial score (nSPS) is 17.4. The van der Waals surface area contributed by atoms with E-state index in [2.05, 4.69) is 5.32 Å². The van der Waals surface area contributed by atoms with E-state index in [4.69, 9.17) is 16.3 Å². The molecular formula is C18H23ClN2O4. The highest BCUT2D eigenvalue weighted by Gasteiger charge is 2.35. The third-order valence-corrected chi connectivity index (χ3v) is 4.22. The third kappa shape index (κ3) is 5.46. The SMILES string of the molecule is CC(C)CCOC(=O)CC1C(=O)NCCN1C(=O)c1cccc(Cl)c1. The average Bonchev–Trinajstić information content (AvgIpc) is 2.55. The van der Waals surface area contributed by atoms with Gasteiger partial charge in [-0.15, -0.1) is 0 Å². The highest BCUT2D eigenvalue weighted by atomic mass is 35.5. The van der Waals surface area contributed by atoms with Crippen LogP contribution in [0.5, 0.6) is 0 Å². The van der Waals surface area contributed by atoms with Gasteiger partial charge in [0.1, 0.15) is 6.04 Å². The Morgan fingerprint density at radius 1 is 1.40 bits per heavy atom. The maximum atomic E-state index is 12.7. The number of esters is 1. The molecule has 1 aliphatic rings. The number of benzene rings is 1. The van der Waals surface area contributed by atoms with Gasteiger partial charge >= 0.3 is 5.97 Å². The number of ether oxygens (including phenoxy) is 1. The quantitative estimate of drug-likeness (QED) is 0.783. The molecule has 1 unspecified atom stereocenters. The molecule has 6 nitrogen and oxygen atoms in total. The van der Waals surface area contributed by atoms with Crippen LogP contribution in [-0.4, -0.2) is 48.4 Å². The van der Waals surface area contributed by atoms with E-state index < -0.39 is 12.0 Å². The van der Waals surface area contributed by atoms with Gasteiger partial charge in [0.25, 0.3) is 5.91 Å². The number of carbonyl (C=O) groups is 3. The third-order valence-electron chi connectivity index (χ3n) is 3.98. The van der Waals surface area contributed by atoms with Crippen molar-refractivity contribution in [1.29, 1.82) is 0 Å². The molecule has 0 radical (unpaired) electrons. The number of halogens is 1. The maximum absolute atomic E-state index is 12.7. The molecule has 7 heteroatoms. The molecule has 2 rings (SSSR count). The Morgan fingerprint density at radius 2 is 2.16 bits per heavy atom. The summed E-state index contributed by atoms with van der Waals surface area (Å²) in [7, 11) is 0. The molecule has 136 valence electrons. The summed E-state index contributed by atoms with van der Waals surface area (Å²) in [5, 5.41) is 3.13. The van der Waals surface area contributed by atoms with Crippen molar-refractivity contribution >= 4 is 29.4 Å². The van der Waals surface area contributed by atoms with Gasteiger partial charge in [0.05, 0.1) is 13.0 Å². The van der Waals surface area contributed by atoms with Gasteiger partial charge in [0.2, 0.25) is 5.91 Å². The summed E-state index contributed by atoms with van der Waals surface area (Å²) in [6.45, 7) is 5.07. The molecule has 1 saturated heterocycles. The summed E-state index contributed by atoms with van der Waals surface area (Å²) in [5.74, 6) is -0.724. The lowest BCUT2D eigenvalue weighted by molar-refractivity contribution is -0.148. The Kier molecular flexibility index (Phi) is 6.82. The Balaban J connectivity index is 2.06.